The Hall–Kier alpha value is -3.80. The monoisotopic (exact) mass is 340 g/mol. The van der Waals surface area contributed by atoms with Crippen LogP contribution < -0.4 is 5.32 Å². The molecule has 3 aromatic carbocycles. The summed E-state index contributed by atoms with van der Waals surface area (Å²) >= 11 is 0. The summed E-state index contributed by atoms with van der Waals surface area (Å²) < 4.78 is 1.67. The van der Waals surface area contributed by atoms with Crippen LogP contribution in [0.1, 0.15) is 20.7 Å². The fourth-order valence-corrected chi connectivity index (χ4v) is 3.33. The molecule has 1 aliphatic heterocycles. The minimum Gasteiger partial charge on any atom is -0.288 e. The van der Waals surface area contributed by atoms with Crippen molar-refractivity contribution in [1.29, 1.82) is 0 Å². The van der Waals surface area contributed by atoms with E-state index in [1.54, 1.807) is 22.9 Å². The molecule has 0 fully saturated rings. The van der Waals surface area contributed by atoms with Gasteiger partial charge < -0.3 is 0 Å². The highest BCUT2D eigenvalue weighted by Crippen LogP contribution is 2.31. The Bertz CT molecular complexity index is 1170. The summed E-state index contributed by atoms with van der Waals surface area (Å²) in [6.45, 7) is 0. The Morgan fingerprint density at radius 2 is 1.58 bits per heavy atom. The number of rotatable bonds is 2. The molecular formula is C20H12N4O2. The second kappa shape index (κ2) is 5.35. The van der Waals surface area contributed by atoms with E-state index in [0.29, 0.717) is 16.5 Å². The number of hydrogen-bond acceptors (Lipinski definition) is 4. The lowest BCUT2D eigenvalue weighted by Crippen LogP contribution is -2.34. The first-order valence-electron chi connectivity index (χ1n) is 8.12. The molecule has 6 nitrogen and oxygen atoms in total. The molecule has 0 saturated heterocycles. The summed E-state index contributed by atoms with van der Waals surface area (Å²) in [6, 6.07) is 18.7. The third-order valence-corrected chi connectivity index (χ3v) is 4.54. The van der Waals surface area contributed by atoms with Crippen molar-refractivity contribution in [1.82, 2.24) is 20.3 Å². The van der Waals surface area contributed by atoms with Crippen molar-refractivity contribution >= 4 is 22.6 Å². The van der Waals surface area contributed by atoms with E-state index >= 15 is 0 Å². The van der Waals surface area contributed by atoms with Gasteiger partial charge in [0.25, 0.3) is 11.8 Å². The van der Waals surface area contributed by atoms with Gasteiger partial charge >= 0.3 is 0 Å². The van der Waals surface area contributed by atoms with Gasteiger partial charge in [0.05, 0.1) is 11.9 Å². The van der Waals surface area contributed by atoms with Gasteiger partial charge in [-0.3, -0.25) is 14.9 Å². The Labute approximate surface area is 148 Å². The van der Waals surface area contributed by atoms with Crippen LogP contribution in [0.2, 0.25) is 0 Å². The summed E-state index contributed by atoms with van der Waals surface area (Å²) in [4.78, 5) is 24.3. The molecule has 124 valence electrons. The van der Waals surface area contributed by atoms with Crippen LogP contribution in [0, 0.1) is 0 Å². The van der Waals surface area contributed by atoms with Gasteiger partial charge in [0, 0.05) is 27.5 Å². The number of nitrogens with zero attached hydrogens (tertiary/aromatic N) is 3. The predicted molar refractivity (Wildman–Crippen MR) is 96.1 cm³/mol. The molecule has 0 radical (unpaired) electrons. The molecule has 6 heteroatoms. The number of hydrogen-bond donors (Lipinski definition) is 1. The lowest BCUT2D eigenvalue weighted by molar-refractivity contribution is 0.0845. The highest BCUT2D eigenvalue weighted by Gasteiger charge is 2.26. The Morgan fingerprint density at radius 3 is 2.38 bits per heavy atom. The van der Waals surface area contributed by atoms with E-state index < -0.39 is 0 Å². The van der Waals surface area contributed by atoms with E-state index in [1.807, 2.05) is 48.7 Å². The van der Waals surface area contributed by atoms with Gasteiger partial charge in [-0.2, -0.15) is 0 Å². The number of aromatic nitrogens is 3. The predicted octanol–water partition coefficient (Wildman–Crippen LogP) is 2.97. The van der Waals surface area contributed by atoms with E-state index in [2.05, 4.69) is 15.6 Å². The molecule has 0 atom stereocenters. The third-order valence-electron chi connectivity index (χ3n) is 4.54. The van der Waals surface area contributed by atoms with Crippen LogP contribution in [0.3, 0.4) is 0 Å². The van der Waals surface area contributed by atoms with E-state index in [-0.39, 0.29) is 11.8 Å². The van der Waals surface area contributed by atoms with Crippen LogP contribution >= 0.6 is 0 Å². The number of carbonyl (C=O) groups is 2. The van der Waals surface area contributed by atoms with Crippen LogP contribution in [0.5, 0.6) is 0 Å². The van der Waals surface area contributed by atoms with Gasteiger partial charge in [-0.05, 0) is 18.2 Å². The SMILES string of the molecule is O=C1NC(=O)c2ccc(-n3cc(-c4ccccc4)nn3)c3cccc1c23. The average molecular weight is 340 g/mol. The summed E-state index contributed by atoms with van der Waals surface area (Å²) in [5.41, 5.74) is 3.46. The van der Waals surface area contributed by atoms with Gasteiger partial charge in [0.15, 0.2) is 0 Å². The summed E-state index contributed by atoms with van der Waals surface area (Å²) in [5.74, 6) is -0.761. The van der Waals surface area contributed by atoms with Crippen LogP contribution in [-0.2, 0) is 0 Å². The van der Waals surface area contributed by atoms with Crippen molar-refractivity contribution in [2.24, 2.45) is 0 Å². The molecule has 1 aromatic heterocycles. The van der Waals surface area contributed by atoms with Crippen molar-refractivity contribution in [3.05, 3.63) is 78.0 Å². The Morgan fingerprint density at radius 1 is 0.808 bits per heavy atom. The second-order valence-electron chi connectivity index (χ2n) is 6.06. The maximum Gasteiger partial charge on any atom is 0.258 e. The van der Waals surface area contributed by atoms with Crippen LogP contribution in [0.25, 0.3) is 27.7 Å². The van der Waals surface area contributed by atoms with E-state index in [4.69, 9.17) is 0 Å². The number of carbonyl (C=O) groups excluding carboxylic acids is 2. The maximum absolute atomic E-state index is 12.2. The van der Waals surface area contributed by atoms with E-state index in [1.165, 1.54) is 0 Å². The minimum absolute atomic E-state index is 0.381. The zero-order valence-electron chi connectivity index (χ0n) is 13.5. The lowest BCUT2D eigenvalue weighted by atomic mass is 9.94. The third kappa shape index (κ3) is 2.05. The minimum atomic E-state index is -0.381. The van der Waals surface area contributed by atoms with Crippen LogP contribution in [0.15, 0.2) is 66.9 Å². The fourth-order valence-electron chi connectivity index (χ4n) is 3.33. The van der Waals surface area contributed by atoms with Gasteiger partial charge in [-0.15, -0.1) is 5.10 Å². The molecule has 1 N–H and O–H groups in total. The summed E-state index contributed by atoms with van der Waals surface area (Å²) in [5, 5.41) is 12.3. The van der Waals surface area contributed by atoms with Crippen molar-refractivity contribution in [2.45, 2.75) is 0 Å². The molecule has 4 aromatic rings. The maximum atomic E-state index is 12.2. The molecule has 0 bridgehead atoms. The normalized spacial score (nSPS) is 13.1. The zero-order valence-corrected chi connectivity index (χ0v) is 13.5. The van der Waals surface area contributed by atoms with E-state index in [9.17, 15) is 9.59 Å². The van der Waals surface area contributed by atoms with Crippen LogP contribution in [0.4, 0.5) is 0 Å². The number of imide groups is 1. The Balaban J connectivity index is 1.73. The molecule has 1 aliphatic rings. The summed E-state index contributed by atoms with van der Waals surface area (Å²) in [6.07, 6.45) is 1.84. The average Bonchev–Trinajstić information content (AvgIpc) is 3.16. The quantitative estimate of drug-likeness (QED) is 0.569. The van der Waals surface area contributed by atoms with Crippen molar-refractivity contribution in [3.63, 3.8) is 0 Å². The molecule has 0 saturated carbocycles. The van der Waals surface area contributed by atoms with Crippen LogP contribution in [-0.4, -0.2) is 26.8 Å². The van der Waals surface area contributed by atoms with Gasteiger partial charge in [0.1, 0.15) is 5.69 Å². The van der Waals surface area contributed by atoms with Crippen molar-refractivity contribution < 1.29 is 9.59 Å². The first kappa shape index (κ1) is 14.5. The number of nitrogens with one attached hydrogen (secondary N) is 1. The molecule has 0 unspecified atom stereocenters. The fraction of sp³-hybridized carbons (Fsp3) is 0. The number of amides is 2. The highest BCUT2D eigenvalue weighted by molar-refractivity contribution is 6.26. The summed E-state index contributed by atoms with van der Waals surface area (Å²) in [7, 11) is 0. The largest absolute Gasteiger partial charge is 0.288 e. The molecule has 26 heavy (non-hydrogen) atoms. The molecular weight excluding hydrogens is 328 g/mol. The Kier molecular flexibility index (Phi) is 2.99. The molecule has 2 amide bonds. The lowest BCUT2D eigenvalue weighted by Gasteiger charge is -2.18. The first-order valence-corrected chi connectivity index (χ1v) is 8.12. The number of benzene rings is 3. The van der Waals surface area contributed by atoms with Crippen molar-refractivity contribution in [3.8, 4) is 16.9 Å². The van der Waals surface area contributed by atoms with Gasteiger partial charge in [-0.25, -0.2) is 4.68 Å². The first-order chi connectivity index (χ1) is 12.7. The molecule has 2 heterocycles. The zero-order chi connectivity index (χ0) is 17.7. The second-order valence-corrected chi connectivity index (χ2v) is 6.06. The van der Waals surface area contributed by atoms with Gasteiger partial charge in [-0.1, -0.05) is 47.7 Å². The molecule has 0 aliphatic carbocycles. The van der Waals surface area contributed by atoms with Crippen molar-refractivity contribution in [2.75, 3.05) is 0 Å². The highest BCUT2D eigenvalue weighted by atomic mass is 16.2. The smallest absolute Gasteiger partial charge is 0.258 e. The van der Waals surface area contributed by atoms with E-state index in [0.717, 1.165) is 22.3 Å². The van der Waals surface area contributed by atoms with Gasteiger partial charge in [0.2, 0.25) is 0 Å². The topological polar surface area (TPSA) is 76.9 Å². The standard InChI is InChI=1S/C20H12N4O2/c25-19-14-8-4-7-13-17(10-9-15(18(13)14)20(26)21-19)24-11-16(22-23-24)12-5-2-1-3-6-12/h1-11H,(H,21,25,26). The molecule has 5 rings (SSSR count). The molecule has 0 spiro atoms.